The number of aromatic nitrogens is 3. The highest BCUT2D eigenvalue weighted by Gasteiger charge is 2.16. The monoisotopic (exact) mass is 380 g/mol. The van der Waals surface area contributed by atoms with Gasteiger partial charge >= 0.3 is 0 Å². The molecule has 0 amide bonds. The number of para-hydroxylation sites is 2. The maximum atomic E-state index is 5.01. The predicted molar refractivity (Wildman–Crippen MR) is 121 cm³/mol. The van der Waals surface area contributed by atoms with E-state index in [-0.39, 0.29) is 0 Å². The fraction of sp³-hybridized carbons (Fsp3) is 0.200. The fourth-order valence-electron chi connectivity index (χ4n) is 4.10. The Morgan fingerprint density at radius 2 is 1.59 bits per heavy atom. The van der Waals surface area contributed by atoms with Crippen molar-refractivity contribution >= 4 is 39.2 Å². The second-order valence-electron chi connectivity index (χ2n) is 7.50. The quantitative estimate of drug-likeness (QED) is 0.403. The third-order valence-electron chi connectivity index (χ3n) is 5.63. The van der Waals surface area contributed by atoms with Crippen LogP contribution >= 0.6 is 0 Å². The van der Waals surface area contributed by atoms with Crippen molar-refractivity contribution < 1.29 is 0 Å². The largest absolute Gasteiger partial charge is 0.325 e. The van der Waals surface area contributed by atoms with Crippen molar-refractivity contribution in [2.24, 2.45) is 0 Å². The number of aryl methyl sites for hydroxylation is 3. The Morgan fingerprint density at radius 3 is 2.34 bits per heavy atom. The van der Waals surface area contributed by atoms with Crippen LogP contribution in [0.15, 0.2) is 60.7 Å². The smallest absolute Gasteiger partial charge is 0.214 e. The molecule has 5 rings (SSSR count). The van der Waals surface area contributed by atoms with Crippen LogP contribution in [0.5, 0.6) is 0 Å². The second-order valence-corrected chi connectivity index (χ2v) is 7.50. The minimum absolute atomic E-state index is 0.808. The van der Waals surface area contributed by atoms with Crippen LogP contribution < -0.4 is 5.32 Å². The van der Waals surface area contributed by atoms with Crippen molar-refractivity contribution in [3.8, 4) is 0 Å². The SMILES string of the molecule is CCc1cccc(CC)c1Nc1nc2ccccc2c2nc3ccc(C)cc3n12. The van der Waals surface area contributed by atoms with Crippen LogP contribution in [0, 0.1) is 6.92 Å². The summed E-state index contributed by atoms with van der Waals surface area (Å²) in [5.41, 5.74) is 8.91. The minimum Gasteiger partial charge on any atom is -0.325 e. The topological polar surface area (TPSA) is 42.2 Å². The minimum atomic E-state index is 0.808. The summed E-state index contributed by atoms with van der Waals surface area (Å²) < 4.78 is 2.16. The first-order valence-corrected chi connectivity index (χ1v) is 10.2. The Morgan fingerprint density at radius 1 is 0.828 bits per heavy atom. The summed E-state index contributed by atoms with van der Waals surface area (Å²) in [7, 11) is 0. The number of benzene rings is 3. The van der Waals surface area contributed by atoms with Gasteiger partial charge in [-0.3, -0.25) is 4.40 Å². The number of rotatable bonds is 4. The summed E-state index contributed by atoms with van der Waals surface area (Å²) in [6.45, 7) is 6.50. The van der Waals surface area contributed by atoms with Crippen molar-refractivity contribution in [3.05, 3.63) is 77.4 Å². The highest BCUT2D eigenvalue weighted by atomic mass is 15.2. The molecule has 0 unspecified atom stereocenters. The van der Waals surface area contributed by atoms with E-state index in [4.69, 9.17) is 9.97 Å². The third kappa shape index (κ3) is 2.83. The van der Waals surface area contributed by atoms with Crippen molar-refractivity contribution in [1.82, 2.24) is 14.4 Å². The van der Waals surface area contributed by atoms with Gasteiger partial charge in [-0.05, 0) is 60.7 Å². The molecule has 3 aromatic carbocycles. The standard InChI is InChI=1S/C25H24N4/c1-4-17-9-8-10-18(5-2)23(17)28-25-27-20-12-7-6-11-19(20)24-26-21-14-13-16(3)15-22(21)29(24)25/h6-15H,4-5H2,1-3H3,(H,27,28). The second kappa shape index (κ2) is 6.89. The highest BCUT2D eigenvalue weighted by Crippen LogP contribution is 2.31. The van der Waals surface area contributed by atoms with Gasteiger partial charge in [-0.25, -0.2) is 9.97 Å². The zero-order chi connectivity index (χ0) is 20.0. The van der Waals surface area contributed by atoms with E-state index in [9.17, 15) is 0 Å². The molecule has 29 heavy (non-hydrogen) atoms. The molecule has 5 aromatic rings. The summed E-state index contributed by atoms with van der Waals surface area (Å²) in [6.07, 6.45) is 1.94. The number of fused-ring (bicyclic) bond motifs is 5. The van der Waals surface area contributed by atoms with Crippen LogP contribution in [-0.4, -0.2) is 14.4 Å². The molecule has 0 aliphatic rings. The van der Waals surface area contributed by atoms with Gasteiger partial charge in [-0.15, -0.1) is 0 Å². The first-order valence-electron chi connectivity index (χ1n) is 10.2. The first kappa shape index (κ1) is 17.7. The molecule has 144 valence electrons. The van der Waals surface area contributed by atoms with E-state index in [0.717, 1.165) is 52.1 Å². The molecule has 4 nitrogen and oxygen atoms in total. The lowest BCUT2D eigenvalue weighted by molar-refractivity contribution is 1.07. The average Bonchev–Trinajstić information content (AvgIpc) is 3.13. The number of nitrogens with zero attached hydrogens (tertiary/aromatic N) is 3. The van der Waals surface area contributed by atoms with Gasteiger partial charge in [0, 0.05) is 11.1 Å². The Bertz CT molecular complexity index is 1340. The molecule has 0 aliphatic heterocycles. The zero-order valence-electron chi connectivity index (χ0n) is 17.0. The molecule has 2 heterocycles. The van der Waals surface area contributed by atoms with E-state index in [2.05, 4.69) is 79.0 Å². The molecule has 0 aliphatic carbocycles. The van der Waals surface area contributed by atoms with E-state index in [1.54, 1.807) is 0 Å². The summed E-state index contributed by atoms with van der Waals surface area (Å²) in [5.74, 6) is 0.808. The van der Waals surface area contributed by atoms with Gasteiger partial charge in [0.2, 0.25) is 5.95 Å². The first-order chi connectivity index (χ1) is 14.2. The number of nitrogens with one attached hydrogen (secondary N) is 1. The van der Waals surface area contributed by atoms with Crippen molar-refractivity contribution in [2.75, 3.05) is 5.32 Å². The Kier molecular flexibility index (Phi) is 4.20. The molecular formula is C25H24N4. The molecule has 0 spiro atoms. The molecule has 0 atom stereocenters. The molecule has 1 N–H and O–H groups in total. The van der Waals surface area contributed by atoms with Crippen molar-refractivity contribution in [3.63, 3.8) is 0 Å². The summed E-state index contributed by atoms with van der Waals surface area (Å²) in [6, 6.07) is 21.1. The molecule has 0 fully saturated rings. The van der Waals surface area contributed by atoms with Crippen LogP contribution in [0.4, 0.5) is 11.6 Å². The lowest BCUT2D eigenvalue weighted by Gasteiger charge is -2.17. The number of imidazole rings is 1. The summed E-state index contributed by atoms with van der Waals surface area (Å²) >= 11 is 0. The maximum Gasteiger partial charge on any atom is 0.214 e. The summed E-state index contributed by atoms with van der Waals surface area (Å²) in [4.78, 5) is 9.97. The Hall–Kier alpha value is -3.40. The normalized spacial score (nSPS) is 11.6. The highest BCUT2D eigenvalue weighted by molar-refractivity contribution is 5.98. The van der Waals surface area contributed by atoms with Gasteiger partial charge in [0.1, 0.15) is 5.65 Å². The fourth-order valence-corrected chi connectivity index (χ4v) is 4.10. The van der Waals surface area contributed by atoms with Gasteiger partial charge in [0.25, 0.3) is 0 Å². The predicted octanol–water partition coefficient (Wildman–Crippen LogP) is 6.21. The van der Waals surface area contributed by atoms with E-state index in [0.29, 0.717) is 0 Å². The van der Waals surface area contributed by atoms with Crippen molar-refractivity contribution in [2.45, 2.75) is 33.6 Å². The number of hydrogen-bond donors (Lipinski definition) is 1. The van der Waals surface area contributed by atoms with E-state index in [1.807, 2.05) is 12.1 Å². The molecule has 0 radical (unpaired) electrons. The number of hydrogen-bond acceptors (Lipinski definition) is 3. The van der Waals surface area contributed by atoms with Crippen molar-refractivity contribution in [1.29, 1.82) is 0 Å². The lowest BCUT2D eigenvalue weighted by atomic mass is 10.0. The van der Waals surface area contributed by atoms with Crippen LogP contribution in [0.3, 0.4) is 0 Å². The number of anilines is 2. The molecule has 0 saturated carbocycles. The Labute approximate surface area is 170 Å². The van der Waals surface area contributed by atoms with Crippen LogP contribution in [0.1, 0.15) is 30.5 Å². The molecule has 0 saturated heterocycles. The van der Waals surface area contributed by atoms with Crippen LogP contribution in [0.2, 0.25) is 0 Å². The average molecular weight is 380 g/mol. The van der Waals surface area contributed by atoms with Gasteiger partial charge in [0.05, 0.1) is 16.6 Å². The van der Waals surface area contributed by atoms with Crippen LogP contribution in [0.25, 0.3) is 27.6 Å². The molecule has 2 aromatic heterocycles. The molecule has 4 heteroatoms. The third-order valence-corrected chi connectivity index (χ3v) is 5.63. The van der Waals surface area contributed by atoms with E-state index in [1.165, 1.54) is 16.7 Å². The molecular weight excluding hydrogens is 356 g/mol. The van der Waals surface area contributed by atoms with Gasteiger partial charge in [-0.1, -0.05) is 50.2 Å². The Balaban J connectivity index is 1.86. The zero-order valence-corrected chi connectivity index (χ0v) is 17.0. The summed E-state index contributed by atoms with van der Waals surface area (Å²) in [5, 5.41) is 4.75. The van der Waals surface area contributed by atoms with Crippen LogP contribution in [-0.2, 0) is 12.8 Å². The van der Waals surface area contributed by atoms with Gasteiger partial charge in [-0.2, -0.15) is 0 Å². The molecule has 0 bridgehead atoms. The van der Waals surface area contributed by atoms with Gasteiger partial charge in [0.15, 0.2) is 0 Å². The van der Waals surface area contributed by atoms with E-state index < -0.39 is 0 Å². The van der Waals surface area contributed by atoms with Gasteiger partial charge < -0.3 is 5.32 Å². The lowest BCUT2D eigenvalue weighted by Crippen LogP contribution is -2.06. The maximum absolute atomic E-state index is 5.01. The van der Waals surface area contributed by atoms with E-state index >= 15 is 0 Å².